The molecule has 0 radical (unpaired) electrons. The third-order valence-electron chi connectivity index (χ3n) is 2.63. The SMILES string of the molecule is Cc1cc(C)c(Cn2ccnn2)c(C)c1. The first-order chi connectivity index (χ1) is 7.16. The Hall–Kier alpha value is -1.64. The van der Waals surface area contributed by atoms with Crippen LogP contribution in [0.3, 0.4) is 0 Å². The van der Waals surface area contributed by atoms with E-state index in [1.807, 2.05) is 10.9 Å². The zero-order chi connectivity index (χ0) is 10.8. The highest BCUT2D eigenvalue weighted by Crippen LogP contribution is 2.16. The van der Waals surface area contributed by atoms with Crippen LogP contribution in [0.5, 0.6) is 0 Å². The maximum absolute atomic E-state index is 3.98. The average molecular weight is 201 g/mol. The molecule has 0 saturated heterocycles. The third-order valence-corrected chi connectivity index (χ3v) is 2.63. The zero-order valence-electron chi connectivity index (χ0n) is 9.36. The van der Waals surface area contributed by atoms with E-state index in [2.05, 4.69) is 43.2 Å². The highest BCUT2D eigenvalue weighted by Gasteiger charge is 2.04. The molecule has 3 nitrogen and oxygen atoms in total. The Bertz CT molecular complexity index is 435. The van der Waals surface area contributed by atoms with Crippen molar-refractivity contribution in [2.24, 2.45) is 0 Å². The van der Waals surface area contributed by atoms with Crippen molar-refractivity contribution < 1.29 is 0 Å². The van der Waals surface area contributed by atoms with Crippen molar-refractivity contribution in [1.29, 1.82) is 0 Å². The molecule has 0 unspecified atom stereocenters. The number of benzene rings is 1. The molecule has 0 aliphatic rings. The summed E-state index contributed by atoms with van der Waals surface area (Å²) in [7, 11) is 0. The number of rotatable bonds is 2. The van der Waals surface area contributed by atoms with Crippen molar-refractivity contribution in [3.63, 3.8) is 0 Å². The molecular weight excluding hydrogens is 186 g/mol. The molecule has 0 amide bonds. The molecule has 0 atom stereocenters. The van der Waals surface area contributed by atoms with Crippen LogP contribution in [-0.4, -0.2) is 15.0 Å². The van der Waals surface area contributed by atoms with E-state index in [0.717, 1.165) is 6.54 Å². The Labute approximate surface area is 89.7 Å². The summed E-state index contributed by atoms with van der Waals surface area (Å²) in [5.41, 5.74) is 5.30. The Morgan fingerprint density at radius 2 is 1.80 bits per heavy atom. The molecular formula is C12H15N3. The minimum atomic E-state index is 0.804. The molecule has 0 spiro atoms. The molecule has 2 aromatic rings. The Balaban J connectivity index is 2.36. The van der Waals surface area contributed by atoms with Gasteiger partial charge in [-0.25, -0.2) is 4.68 Å². The van der Waals surface area contributed by atoms with Crippen LogP contribution in [0.2, 0.25) is 0 Å². The highest BCUT2D eigenvalue weighted by molar-refractivity contribution is 5.37. The molecule has 1 heterocycles. The second-order valence-electron chi connectivity index (χ2n) is 3.98. The van der Waals surface area contributed by atoms with Gasteiger partial charge >= 0.3 is 0 Å². The molecule has 0 fully saturated rings. The van der Waals surface area contributed by atoms with Crippen molar-refractivity contribution in [2.45, 2.75) is 27.3 Å². The van der Waals surface area contributed by atoms with Crippen LogP contribution >= 0.6 is 0 Å². The molecule has 1 aromatic heterocycles. The summed E-state index contributed by atoms with van der Waals surface area (Å²) in [5.74, 6) is 0. The van der Waals surface area contributed by atoms with Crippen LogP contribution in [0.1, 0.15) is 22.3 Å². The van der Waals surface area contributed by atoms with Crippen molar-refractivity contribution in [1.82, 2.24) is 15.0 Å². The topological polar surface area (TPSA) is 30.7 Å². The molecule has 0 saturated carbocycles. The monoisotopic (exact) mass is 201 g/mol. The summed E-state index contributed by atoms with van der Waals surface area (Å²) >= 11 is 0. The van der Waals surface area contributed by atoms with E-state index < -0.39 is 0 Å². The maximum Gasteiger partial charge on any atom is 0.0693 e. The van der Waals surface area contributed by atoms with Gasteiger partial charge in [0.25, 0.3) is 0 Å². The molecule has 0 bridgehead atoms. The van der Waals surface area contributed by atoms with E-state index in [4.69, 9.17) is 0 Å². The van der Waals surface area contributed by atoms with Gasteiger partial charge < -0.3 is 0 Å². The lowest BCUT2D eigenvalue weighted by molar-refractivity contribution is 0.645. The molecule has 0 aliphatic carbocycles. The number of hydrogen-bond donors (Lipinski definition) is 0. The van der Waals surface area contributed by atoms with E-state index in [1.54, 1.807) is 6.20 Å². The van der Waals surface area contributed by atoms with Gasteiger partial charge in [0, 0.05) is 6.20 Å². The van der Waals surface area contributed by atoms with Crippen LogP contribution in [0.4, 0.5) is 0 Å². The summed E-state index contributed by atoms with van der Waals surface area (Å²) in [4.78, 5) is 0. The van der Waals surface area contributed by atoms with Crippen LogP contribution in [-0.2, 0) is 6.54 Å². The Morgan fingerprint density at radius 1 is 1.13 bits per heavy atom. The maximum atomic E-state index is 3.98. The quantitative estimate of drug-likeness (QED) is 0.746. The minimum absolute atomic E-state index is 0.804. The van der Waals surface area contributed by atoms with E-state index in [1.165, 1.54) is 22.3 Å². The zero-order valence-corrected chi connectivity index (χ0v) is 9.36. The van der Waals surface area contributed by atoms with Crippen LogP contribution in [0.25, 0.3) is 0 Å². The minimum Gasteiger partial charge on any atom is -0.248 e. The van der Waals surface area contributed by atoms with Gasteiger partial charge in [-0.05, 0) is 37.5 Å². The molecule has 15 heavy (non-hydrogen) atoms. The molecule has 3 heteroatoms. The van der Waals surface area contributed by atoms with Gasteiger partial charge in [0.05, 0.1) is 12.7 Å². The van der Waals surface area contributed by atoms with Gasteiger partial charge in [-0.15, -0.1) is 5.10 Å². The predicted molar refractivity (Wildman–Crippen MR) is 59.8 cm³/mol. The third kappa shape index (κ3) is 2.06. The average Bonchev–Trinajstić information content (AvgIpc) is 2.63. The van der Waals surface area contributed by atoms with Crippen molar-refractivity contribution in [2.75, 3.05) is 0 Å². The standard InChI is InChI=1S/C12H15N3/c1-9-6-10(2)12(11(3)7-9)8-15-5-4-13-14-15/h4-7H,8H2,1-3H3. The first-order valence-electron chi connectivity index (χ1n) is 5.07. The molecule has 78 valence electrons. The first kappa shape index (κ1) is 9.90. The fourth-order valence-corrected chi connectivity index (χ4v) is 1.94. The lowest BCUT2D eigenvalue weighted by atomic mass is 10.00. The second kappa shape index (κ2) is 3.85. The number of aryl methyl sites for hydroxylation is 3. The van der Waals surface area contributed by atoms with Gasteiger partial charge in [0.15, 0.2) is 0 Å². The predicted octanol–water partition coefficient (Wildman–Crippen LogP) is 2.25. The summed E-state index contributed by atoms with van der Waals surface area (Å²) in [5, 5.41) is 7.79. The van der Waals surface area contributed by atoms with Crippen LogP contribution < -0.4 is 0 Å². The van der Waals surface area contributed by atoms with E-state index in [0.29, 0.717) is 0 Å². The van der Waals surface area contributed by atoms with Gasteiger partial charge in [-0.2, -0.15) is 0 Å². The summed E-state index contributed by atoms with van der Waals surface area (Å²) < 4.78 is 1.85. The van der Waals surface area contributed by atoms with Gasteiger partial charge in [0.2, 0.25) is 0 Å². The molecule has 1 aromatic carbocycles. The van der Waals surface area contributed by atoms with E-state index in [9.17, 15) is 0 Å². The van der Waals surface area contributed by atoms with E-state index in [-0.39, 0.29) is 0 Å². The Morgan fingerprint density at radius 3 is 2.33 bits per heavy atom. The number of hydrogen-bond acceptors (Lipinski definition) is 2. The summed E-state index contributed by atoms with van der Waals surface area (Å²) in [6.45, 7) is 7.22. The normalized spacial score (nSPS) is 10.6. The van der Waals surface area contributed by atoms with Crippen LogP contribution in [0.15, 0.2) is 24.5 Å². The van der Waals surface area contributed by atoms with Crippen molar-refractivity contribution in [3.8, 4) is 0 Å². The smallest absolute Gasteiger partial charge is 0.0693 e. The first-order valence-corrected chi connectivity index (χ1v) is 5.07. The van der Waals surface area contributed by atoms with Gasteiger partial charge in [-0.1, -0.05) is 22.9 Å². The van der Waals surface area contributed by atoms with E-state index >= 15 is 0 Å². The van der Waals surface area contributed by atoms with Gasteiger partial charge in [-0.3, -0.25) is 0 Å². The molecule has 0 aliphatic heterocycles. The molecule has 2 rings (SSSR count). The Kier molecular flexibility index (Phi) is 2.54. The summed E-state index contributed by atoms with van der Waals surface area (Å²) in [6.07, 6.45) is 3.59. The lowest BCUT2D eigenvalue weighted by Gasteiger charge is -2.10. The highest BCUT2D eigenvalue weighted by atomic mass is 15.4. The lowest BCUT2D eigenvalue weighted by Crippen LogP contribution is -2.04. The van der Waals surface area contributed by atoms with Crippen molar-refractivity contribution in [3.05, 3.63) is 46.8 Å². The fraction of sp³-hybridized carbons (Fsp3) is 0.333. The fourth-order valence-electron chi connectivity index (χ4n) is 1.94. The number of aromatic nitrogens is 3. The van der Waals surface area contributed by atoms with Crippen LogP contribution in [0, 0.1) is 20.8 Å². The largest absolute Gasteiger partial charge is 0.248 e. The number of nitrogens with zero attached hydrogens (tertiary/aromatic N) is 3. The van der Waals surface area contributed by atoms with Crippen molar-refractivity contribution >= 4 is 0 Å². The van der Waals surface area contributed by atoms with Gasteiger partial charge in [0.1, 0.15) is 0 Å². The second-order valence-corrected chi connectivity index (χ2v) is 3.98. The molecule has 0 N–H and O–H groups in total. The summed E-state index contributed by atoms with van der Waals surface area (Å²) in [6, 6.07) is 4.42.